The molecule has 0 aliphatic heterocycles. The van der Waals surface area contributed by atoms with Crippen molar-refractivity contribution in [3.63, 3.8) is 0 Å². The van der Waals surface area contributed by atoms with E-state index in [0.717, 1.165) is 6.21 Å². The minimum absolute atomic E-state index is 0.0582. The van der Waals surface area contributed by atoms with Gasteiger partial charge in [0.25, 0.3) is 5.56 Å². The van der Waals surface area contributed by atoms with E-state index in [0.29, 0.717) is 14.7 Å². The number of aromatic nitrogens is 2. The van der Waals surface area contributed by atoms with E-state index in [1.165, 1.54) is 18.2 Å². The molecule has 0 saturated heterocycles. The number of nitro benzene ring substituents is 1. The van der Waals surface area contributed by atoms with Crippen LogP contribution in [0.1, 0.15) is 19.4 Å². The fourth-order valence-electron chi connectivity index (χ4n) is 2.79. The Balaban J connectivity index is 2.06. The Bertz CT molecular complexity index is 1340. The molecule has 0 spiro atoms. The van der Waals surface area contributed by atoms with Gasteiger partial charge in [-0.25, -0.2) is 9.59 Å². The number of benzene rings is 2. The van der Waals surface area contributed by atoms with Gasteiger partial charge in [0, 0.05) is 16.1 Å². The zero-order chi connectivity index (χ0) is 23.4. The van der Waals surface area contributed by atoms with Gasteiger partial charge in [-0.05, 0) is 32.0 Å². The molecule has 11 nitrogen and oxygen atoms in total. The quantitative estimate of drug-likeness (QED) is 0.225. The number of nitrogens with one attached hydrogen (secondary N) is 1. The lowest BCUT2D eigenvalue weighted by atomic mass is 10.2. The zero-order valence-electron chi connectivity index (χ0n) is 16.9. The predicted molar refractivity (Wildman–Crippen MR) is 119 cm³/mol. The number of rotatable bonds is 7. The molecule has 1 N–H and O–H groups in total. The number of carbonyl (C=O) groups is 1. The smallest absolute Gasteiger partial charge is 0.349 e. The second-order valence-electron chi connectivity index (χ2n) is 6.76. The van der Waals surface area contributed by atoms with Crippen molar-refractivity contribution in [2.45, 2.75) is 20.0 Å². The molecule has 3 rings (SSSR count). The molecule has 0 fully saturated rings. The van der Waals surface area contributed by atoms with E-state index in [2.05, 4.69) is 26.0 Å². The Morgan fingerprint density at radius 1 is 1.31 bits per heavy atom. The lowest BCUT2D eigenvalue weighted by Gasteiger charge is -2.11. The van der Waals surface area contributed by atoms with E-state index in [9.17, 15) is 24.5 Å². The highest BCUT2D eigenvalue weighted by Gasteiger charge is 2.22. The minimum Gasteiger partial charge on any atom is -0.474 e. The van der Waals surface area contributed by atoms with Crippen molar-refractivity contribution in [1.82, 2.24) is 9.66 Å². The monoisotopic (exact) mass is 504 g/mol. The third-order valence-electron chi connectivity index (χ3n) is 4.06. The van der Waals surface area contributed by atoms with E-state index in [-0.39, 0.29) is 16.7 Å². The van der Waals surface area contributed by atoms with Gasteiger partial charge in [-0.15, -0.1) is 4.68 Å². The number of fused-ring (bicyclic) bond motifs is 1. The van der Waals surface area contributed by atoms with Crippen molar-refractivity contribution < 1.29 is 19.2 Å². The first kappa shape index (κ1) is 22.9. The maximum Gasteiger partial charge on any atom is 0.349 e. The number of ether oxygens (including phenoxy) is 2. The molecule has 0 unspecified atom stereocenters. The lowest BCUT2D eigenvalue weighted by molar-refractivity contribution is -0.385. The van der Waals surface area contributed by atoms with E-state index in [1.54, 1.807) is 32.0 Å². The molecule has 0 bridgehead atoms. The van der Waals surface area contributed by atoms with Gasteiger partial charge in [0.15, 0.2) is 6.61 Å². The van der Waals surface area contributed by atoms with Crippen LogP contribution in [0.2, 0.25) is 0 Å². The molecule has 1 aromatic heterocycles. The summed E-state index contributed by atoms with van der Waals surface area (Å²) < 4.78 is 11.2. The van der Waals surface area contributed by atoms with Crippen LogP contribution in [0, 0.1) is 10.1 Å². The van der Waals surface area contributed by atoms with Gasteiger partial charge in [-0.3, -0.25) is 14.9 Å². The average molecular weight is 505 g/mol. The van der Waals surface area contributed by atoms with Crippen LogP contribution in [0.5, 0.6) is 5.75 Å². The first-order chi connectivity index (χ1) is 15.2. The van der Waals surface area contributed by atoms with Crippen LogP contribution in [-0.2, 0) is 9.53 Å². The third kappa shape index (κ3) is 5.09. The molecule has 0 saturated carbocycles. The van der Waals surface area contributed by atoms with E-state index in [4.69, 9.17) is 9.47 Å². The van der Waals surface area contributed by atoms with Crippen LogP contribution in [0.4, 0.5) is 5.69 Å². The summed E-state index contributed by atoms with van der Waals surface area (Å²) in [5, 5.41) is 15.6. The zero-order valence-corrected chi connectivity index (χ0v) is 18.5. The molecule has 0 aliphatic rings. The summed E-state index contributed by atoms with van der Waals surface area (Å²) in [6.07, 6.45) is 0.672. The number of nitro groups is 1. The van der Waals surface area contributed by atoms with Crippen molar-refractivity contribution in [2.75, 3.05) is 6.61 Å². The molecule has 0 atom stereocenters. The number of aromatic amines is 1. The summed E-state index contributed by atoms with van der Waals surface area (Å²) in [5.74, 6) is -0.991. The molecular formula is C20H17BrN4O7. The van der Waals surface area contributed by atoms with Gasteiger partial charge >= 0.3 is 17.3 Å². The summed E-state index contributed by atoms with van der Waals surface area (Å²) in [6, 6.07) is 9.02. The van der Waals surface area contributed by atoms with Crippen LogP contribution < -0.4 is 16.0 Å². The number of carbonyl (C=O) groups excluding carboxylic acids is 1. The minimum atomic E-state index is -0.794. The maximum absolute atomic E-state index is 12.6. The Labute approximate surface area is 188 Å². The van der Waals surface area contributed by atoms with E-state index >= 15 is 0 Å². The molecule has 32 heavy (non-hydrogen) atoms. The molecule has 0 aliphatic carbocycles. The van der Waals surface area contributed by atoms with Crippen molar-refractivity contribution in [1.29, 1.82) is 0 Å². The average Bonchev–Trinajstić information content (AvgIpc) is 2.71. The second-order valence-corrected chi connectivity index (χ2v) is 7.68. The number of H-pyrrole nitrogens is 1. The molecule has 166 valence electrons. The second kappa shape index (κ2) is 9.56. The summed E-state index contributed by atoms with van der Waals surface area (Å²) in [6.45, 7) is 2.71. The van der Waals surface area contributed by atoms with Gasteiger partial charge in [-0.1, -0.05) is 28.1 Å². The van der Waals surface area contributed by atoms with Gasteiger partial charge in [0.05, 0.1) is 28.1 Å². The van der Waals surface area contributed by atoms with Crippen LogP contribution in [0.15, 0.2) is 55.6 Å². The fraction of sp³-hybridized carbons (Fsp3) is 0.200. The van der Waals surface area contributed by atoms with Gasteiger partial charge in [0.2, 0.25) is 5.75 Å². The van der Waals surface area contributed by atoms with Gasteiger partial charge < -0.3 is 14.5 Å². The molecule has 3 aromatic rings. The van der Waals surface area contributed by atoms with Crippen molar-refractivity contribution in [3.8, 4) is 5.75 Å². The molecule has 1 heterocycles. The molecule has 0 radical (unpaired) electrons. The van der Waals surface area contributed by atoms with E-state index < -0.39 is 40.5 Å². The summed E-state index contributed by atoms with van der Waals surface area (Å²) >= 11 is 3.17. The standard InChI is InChI=1S/C20H17BrN4O7/c1-11(2)32-17(26)10-31-18-12(7-13(21)8-16(18)25(29)30)9-22-24-19(27)14-5-3-4-6-15(14)23-20(24)28/h3-9,11H,10H2,1-2H3,(H,23,28). The highest BCUT2D eigenvalue weighted by molar-refractivity contribution is 9.10. The first-order valence-corrected chi connectivity index (χ1v) is 10.1. The summed E-state index contributed by atoms with van der Waals surface area (Å²) in [7, 11) is 0. The Morgan fingerprint density at radius 3 is 2.72 bits per heavy atom. The van der Waals surface area contributed by atoms with Crippen LogP contribution in [-0.4, -0.2) is 39.5 Å². The normalized spacial score (nSPS) is 11.2. The van der Waals surface area contributed by atoms with Crippen LogP contribution in [0.25, 0.3) is 10.9 Å². The molecular weight excluding hydrogens is 488 g/mol. The third-order valence-corrected chi connectivity index (χ3v) is 4.51. The Kier molecular flexibility index (Phi) is 6.83. The Hall–Kier alpha value is -3.80. The largest absolute Gasteiger partial charge is 0.474 e. The Morgan fingerprint density at radius 2 is 2.03 bits per heavy atom. The summed E-state index contributed by atoms with van der Waals surface area (Å²) in [5.41, 5.74) is -1.51. The predicted octanol–water partition coefficient (Wildman–Crippen LogP) is 2.57. The highest BCUT2D eigenvalue weighted by atomic mass is 79.9. The van der Waals surface area contributed by atoms with E-state index in [1.807, 2.05) is 0 Å². The number of para-hydroxylation sites is 1. The van der Waals surface area contributed by atoms with Crippen LogP contribution in [0.3, 0.4) is 0 Å². The maximum atomic E-state index is 12.6. The summed E-state index contributed by atoms with van der Waals surface area (Å²) in [4.78, 5) is 50.1. The SMILES string of the molecule is CC(C)OC(=O)COc1c(C=Nn2c(=O)[nH]c3ccccc3c2=O)cc(Br)cc1[N+](=O)[O-]. The molecule has 12 heteroatoms. The number of nitrogens with zero attached hydrogens (tertiary/aromatic N) is 3. The molecule has 0 amide bonds. The van der Waals surface area contributed by atoms with Gasteiger partial charge in [0.1, 0.15) is 0 Å². The first-order valence-electron chi connectivity index (χ1n) is 9.26. The van der Waals surface area contributed by atoms with Crippen LogP contribution >= 0.6 is 15.9 Å². The number of hydrogen-bond donors (Lipinski definition) is 1. The highest BCUT2D eigenvalue weighted by Crippen LogP contribution is 2.34. The van der Waals surface area contributed by atoms with Gasteiger partial charge in [-0.2, -0.15) is 5.10 Å². The van der Waals surface area contributed by atoms with Crippen molar-refractivity contribution >= 4 is 44.7 Å². The fourth-order valence-corrected chi connectivity index (χ4v) is 3.26. The topological polar surface area (TPSA) is 146 Å². The van der Waals surface area contributed by atoms with Crippen molar-refractivity contribution in [2.24, 2.45) is 5.10 Å². The van der Waals surface area contributed by atoms with Crippen molar-refractivity contribution in [3.05, 3.63) is 77.4 Å². The number of halogens is 1. The lowest BCUT2D eigenvalue weighted by Crippen LogP contribution is -2.32. The molecule has 2 aromatic carbocycles. The number of hydrogen-bond acceptors (Lipinski definition) is 8. The number of esters is 1.